The molecule has 0 N–H and O–H groups in total. The second-order valence-corrected chi connectivity index (χ2v) is 8.59. The van der Waals surface area contributed by atoms with Crippen LogP contribution in [0.2, 0.25) is 0 Å². The minimum Gasteiger partial charge on any atom is -0.341 e. The molecule has 5 rings (SSSR count). The normalized spacial score (nSPS) is 15.6. The van der Waals surface area contributed by atoms with E-state index in [9.17, 15) is 0 Å². The van der Waals surface area contributed by atoms with Gasteiger partial charge in [0.1, 0.15) is 0 Å². The molecule has 0 saturated carbocycles. The number of benzene rings is 2. The summed E-state index contributed by atoms with van der Waals surface area (Å²) in [7, 11) is 0. The summed E-state index contributed by atoms with van der Waals surface area (Å²) in [5.74, 6) is 0.842. The SMILES string of the molecule is C=C(c1cnc(N2CCCCC2)nc1)c1ccc2c(c1)Cc1ccccc1S2. The molecular weight excluding hydrogens is 362 g/mol. The van der Waals surface area contributed by atoms with Crippen molar-refractivity contribution in [2.45, 2.75) is 35.5 Å². The van der Waals surface area contributed by atoms with Crippen LogP contribution in [0.15, 0.2) is 71.2 Å². The first-order chi connectivity index (χ1) is 13.8. The lowest BCUT2D eigenvalue weighted by atomic mass is 9.97. The summed E-state index contributed by atoms with van der Waals surface area (Å²) >= 11 is 1.86. The van der Waals surface area contributed by atoms with Crippen molar-refractivity contribution in [2.75, 3.05) is 18.0 Å². The number of piperidine rings is 1. The molecule has 0 atom stereocenters. The number of hydrogen-bond acceptors (Lipinski definition) is 4. The summed E-state index contributed by atoms with van der Waals surface area (Å²) in [6.07, 6.45) is 8.59. The first-order valence-corrected chi connectivity index (χ1v) is 10.7. The zero-order valence-corrected chi connectivity index (χ0v) is 16.7. The van der Waals surface area contributed by atoms with Gasteiger partial charge in [-0.1, -0.05) is 42.6 Å². The second-order valence-electron chi connectivity index (χ2n) is 7.51. The van der Waals surface area contributed by atoms with Crippen LogP contribution in [0.4, 0.5) is 5.95 Å². The fourth-order valence-electron chi connectivity index (χ4n) is 3.98. The Kier molecular flexibility index (Phi) is 4.65. The van der Waals surface area contributed by atoms with Gasteiger partial charge in [0.25, 0.3) is 0 Å². The molecular formula is C24H23N3S. The highest BCUT2D eigenvalue weighted by molar-refractivity contribution is 7.99. The molecule has 4 heteroatoms. The van der Waals surface area contributed by atoms with Gasteiger partial charge >= 0.3 is 0 Å². The summed E-state index contributed by atoms with van der Waals surface area (Å²) in [6.45, 7) is 6.45. The van der Waals surface area contributed by atoms with E-state index in [0.29, 0.717) is 0 Å². The number of anilines is 1. The lowest BCUT2D eigenvalue weighted by Gasteiger charge is -2.26. The quantitative estimate of drug-likeness (QED) is 0.460. The summed E-state index contributed by atoms with van der Waals surface area (Å²) in [4.78, 5) is 14.2. The van der Waals surface area contributed by atoms with Gasteiger partial charge in [0, 0.05) is 40.8 Å². The molecule has 1 aromatic heterocycles. The van der Waals surface area contributed by atoms with E-state index < -0.39 is 0 Å². The summed E-state index contributed by atoms with van der Waals surface area (Å²) < 4.78 is 0. The van der Waals surface area contributed by atoms with Crippen molar-refractivity contribution in [1.29, 1.82) is 0 Å². The molecule has 2 aliphatic heterocycles. The van der Waals surface area contributed by atoms with Crippen LogP contribution in [-0.4, -0.2) is 23.1 Å². The molecule has 0 spiro atoms. The predicted molar refractivity (Wildman–Crippen MR) is 116 cm³/mol. The Bertz CT molecular complexity index is 1020. The predicted octanol–water partition coefficient (Wildman–Crippen LogP) is 5.58. The van der Waals surface area contributed by atoms with Gasteiger partial charge in [-0.05, 0) is 66.1 Å². The van der Waals surface area contributed by atoms with Gasteiger partial charge in [0.05, 0.1) is 0 Å². The fourth-order valence-corrected chi connectivity index (χ4v) is 5.03. The highest BCUT2D eigenvalue weighted by atomic mass is 32.2. The zero-order valence-electron chi connectivity index (χ0n) is 15.9. The molecule has 1 saturated heterocycles. The number of nitrogens with zero attached hydrogens (tertiary/aromatic N) is 3. The van der Waals surface area contributed by atoms with Crippen LogP contribution < -0.4 is 4.90 Å². The van der Waals surface area contributed by atoms with Crippen LogP contribution >= 0.6 is 11.8 Å². The standard InChI is InChI=1S/C24H23N3S/c1-17(21-15-25-24(26-16-21)27-11-5-2-6-12-27)18-9-10-23-20(13-18)14-19-7-3-4-8-22(19)28-23/h3-4,7-10,13,15-16H,1-2,5-6,11-12,14H2. The van der Waals surface area contributed by atoms with Crippen LogP contribution in [0.25, 0.3) is 5.57 Å². The largest absolute Gasteiger partial charge is 0.341 e. The molecule has 0 aliphatic carbocycles. The average molecular weight is 386 g/mol. The van der Waals surface area contributed by atoms with E-state index in [0.717, 1.165) is 42.2 Å². The van der Waals surface area contributed by atoms with Gasteiger partial charge in [-0.15, -0.1) is 0 Å². The van der Waals surface area contributed by atoms with Crippen molar-refractivity contribution >= 4 is 23.3 Å². The number of rotatable bonds is 3. The van der Waals surface area contributed by atoms with E-state index in [-0.39, 0.29) is 0 Å². The molecule has 2 aromatic carbocycles. The Morgan fingerprint density at radius 2 is 1.61 bits per heavy atom. The van der Waals surface area contributed by atoms with Crippen LogP contribution in [0.3, 0.4) is 0 Å². The van der Waals surface area contributed by atoms with Crippen LogP contribution in [0.1, 0.15) is 41.5 Å². The molecule has 0 unspecified atom stereocenters. The first-order valence-electron chi connectivity index (χ1n) is 9.93. The van der Waals surface area contributed by atoms with Gasteiger partial charge in [0.2, 0.25) is 5.95 Å². The second kappa shape index (κ2) is 7.44. The Morgan fingerprint density at radius 3 is 2.43 bits per heavy atom. The molecule has 28 heavy (non-hydrogen) atoms. The maximum atomic E-state index is 4.62. The van der Waals surface area contributed by atoms with Gasteiger partial charge in [-0.25, -0.2) is 9.97 Å². The third-order valence-electron chi connectivity index (χ3n) is 5.61. The smallest absolute Gasteiger partial charge is 0.225 e. The van der Waals surface area contributed by atoms with E-state index in [1.54, 1.807) is 0 Å². The lowest BCUT2D eigenvalue weighted by Crippen LogP contribution is -2.30. The maximum absolute atomic E-state index is 4.62. The van der Waals surface area contributed by atoms with E-state index in [1.807, 2.05) is 24.2 Å². The van der Waals surface area contributed by atoms with E-state index in [4.69, 9.17) is 0 Å². The topological polar surface area (TPSA) is 29.0 Å². The first kappa shape index (κ1) is 17.5. The Morgan fingerprint density at radius 1 is 0.857 bits per heavy atom. The molecule has 3 aromatic rings. The lowest BCUT2D eigenvalue weighted by molar-refractivity contribution is 0.568. The van der Waals surface area contributed by atoms with E-state index in [1.165, 1.54) is 40.2 Å². The molecule has 3 heterocycles. The molecule has 2 aliphatic rings. The Balaban J connectivity index is 1.37. The molecule has 0 amide bonds. The molecule has 0 radical (unpaired) electrons. The molecule has 3 nitrogen and oxygen atoms in total. The summed E-state index contributed by atoms with van der Waals surface area (Å²) in [5.41, 5.74) is 5.89. The maximum Gasteiger partial charge on any atom is 0.225 e. The third-order valence-corrected chi connectivity index (χ3v) is 6.84. The summed E-state index contributed by atoms with van der Waals surface area (Å²) in [5, 5.41) is 0. The number of hydrogen-bond donors (Lipinski definition) is 0. The highest BCUT2D eigenvalue weighted by Crippen LogP contribution is 2.40. The molecule has 1 fully saturated rings. The van der Waals surface area contributed by atoms with Crippen molar-refractivity contribution in [2.24, 2.45) is 0 Å². The zero-order chi connectivity index (χ0) is 18.9. The fraction of sp³-hybridized carbons (Fsp3) is 0.250. The van der Waals surface area contributed by atoms with Crippen LogP contribution in [0, 0.1) is 0 Å². The van der Waals surface area contributed by atoms with Crippen molar-refractivity contribution in [1.82, 2.24) is 9.97 Å². The van der Waals surface area contributed by atoms with E-state index in [2.05, 4.69) is 63.9 Å². The Labute approximate surface area is 170 Å². The van der Waals surface area contributed by atoms with E-state index >= 15 is 0 Å². The van der Waals surface area contributed by atoms with Crippen LogP contribution in [0.5, 0.6) is 0 Å². The third kappa shape index (κ3) is 3.33. The van der Waals surface area contributed by atoms with Crippen molar-refractivity contribution < 1.29 is 0 Å². The van der Waals surface area contributed by atoms with Gasteiger partial charge < -0.3 is 4.90 Å². The summed E-state index contributed by atoms with van der Waals surface area (Å²) in [6, 6.07) is 15.3. The van der Waals surface area contributed by atoms with Gasteiger partial charge in [-0.3, -0.25) is 0 Å². The average Bonchev–Trinajstić information content (AvgIpc) is 2.77. The molecule has 0 bridgehead atoms. The van der Waals surface area contributed by atoms with Gasteiger partial charge in [0.15, 0.2) is 0 Å². The van der Waals surface area contributed by atoms with Gasteiger partial charge in [-0.2, -0.15) is 0 Å². The monoisotopic (exact) mass is 385 g/mol. The highest BCUT2D eigenvalue weighted by Gasteiger charge is 2.17. The minimum atomic E-state index is 0.842. The number of fused-ring (bicyclic) bond motifs is 2. The number of aromatic nitrogens is 2. The van der Waals surface area contributed by atoms with Crippen molar-refractivity contribution in [3.05, 3.63) is 83.7 Å². The minimum absolute atomic E-state index is 0.842. The van der Waals surface area contributed by atoms with Crippen molar-refractivity contribution in [3.8, 4) is 0 Å². The van der Waals surface area contributed by atoms with Crippen molar-refractivity contribution in [3.63, 3.8) is 0 Å². The molecule has 140 valence electrons. The Hall–Kier alpha value is -2.59. The van der Waals surface area contributed by atoms with Crippen LogP contribution in [-0.2, 0) is 6.42 Å².